The zero-order chi connectivity index (χ0) is 51.9. The zero-order valence-corrected chi connectivity index (χ0v) is 42.6. The standard InChI is InChI=1S/C52H88O18/c1-31(25-45(59)65-21-17-13-9-7-11-15-19-43(55)56)23-40-49(63)47(61)37(29-67-40)27-39(54)51(33(3)35(5)53)69-36(6)34(4)52-42(70-52)28-38-30-68-41(50(64)48(38)62)24-32(2)26-46(60)66-22-18-14-10-8-12-16-20-44(57)58/h25-26,33-42,47-54,61-64H,7-24,27-30H2,1-6H3,(H,55,56)(H,57,58)/b31-25+,32-26+. The van der Waals surface area contributed by atoms with Crippen LogP contribution in [0.5, 0.6) is 0 Å². The molecule has 18 heteroatoms. The van der Waals surface area contributed by atoms with Crippen molar-refractivity contribution in [1.82, 2.24) is 0 Å². The molecule has 0 bridgehead atoms. The van der Waals surface area contributed by atoms with Gasteiger partial charge in [0, 0.05) is 48.7 Å². The van der Waals surface area contributed by atoms with Crippen LogP contribution in [0.1, 0.15) is 157 Å². The third kappa shape index (κ3) is 22.4. The van der Waals surface area contributed by atoms with Crippen LogP contribution >= 0.6 is 0 Å². The molecule has 16 unspecified atom stereocenters. The summed E-state index contributed by atoms with van der Waals surface area (Å²) >= 11 is 0. The molecule has 3 saturated heterocycles. The number of hydrogen-bond acceptors (Lipinski definition) is 16. The number of aliphatic carboxylic acids is 2. The van der Waals surface area contributed by atoms with E-state index in [4.69, 9.17) is 38.6 Å². The summed E-state index contributed by atoms with van der Waals surface area (Å²) in [6.07, 6.45) is 3.80. The lowest BCUT2D eigenvalue weighted by molar-refractivity contribution is -0.181. The first-order valence-corrected chi connectivity index (χ1v) is 25.9. The molecule has 18 nitrogen and oxygen atoms in total. The van der Waals surface area contributed by atoms with E-state index in [2.05, 4.69) is 0 Å². The van der Waals surface area contributed by atoms with Gasteiger partial charge >= 0.3 is 23.9 Å². The first-order valence-electron chi connectivity index (χ1n) is 25.9. The van der Waals surface area contributed by atoms with Crippen LogP contribution < -0.4 is 0 Å². The number of epoxide rings is 1. The van der Waals surface area contributed by atoms with Gasteiger partial charge in [0.2, 0.25) is 0 Å². The van der Waals surface area contributed by atoms with Gasteiger partial charge in [0.25, 0.3) is 0 Å². The molecule has 0 amide bonds. The summed E-state index contributed by atoms with van der Waals surface area (Å²) in [6, 6.07) is 0. The van der Waals surface area contributed by atoms with Gasteiger partial charge in [-0.2, -0.15) is 0 Å². The lowest BCUT2D eigenvalue weighted by Crippen LogP contribution is -2.52. The van der Waals surface area contributed by atoms with Crippen LogP contribution in [0.25, 0.3) is 0 Å². The maximum atomic E-state index is 12.4. The summed E-state index contributed by atoms with van der Waals surface area (Å²) in [6.45, 7) is 11.4. The van der Waals surface area contributed by atoms with Gasteiger partial charge in [0.1, 0.15) is 12.2 Å². The third-order valence-corrected chi connectivity index (χ3v) is 14.3. The molecule has 0 radical (unpaired) electrons. The van der Waals surface area contributed by atoms with Crippen molar-refractivity contribution in [2.24, 2.45) is 23.7 Å². The highest BCUT2D eigenvalue weighted by Gasteiger charge is 2.50. The predicted molar refractivity (Wildman–Crippen MR) is 257 cm³/mol. The fraction of sp³-hybridized carbons (Fsp3) is 0.846. The number of carbonyl (C=O) groups is 4. The van der Waals surface area contributed by atoms with Crippen LogP contribution in [-0.4, -0.2) is 164 Å². The predicted octanol–water partition coefficient (Wildman–Crippen LogP) is 5.19. The molecule has 0 aromatic heterocycles. The first kappa shape index (κ1) is 61.3. The van der Waals surface area contributed by atoms with E-state index >= 15 is 0 Å². The summed E-state index contributed by atoms with van der Waals surface area (Å²) in [4.78, 5) is 46.0. The van der Waals surface area contributed by atoms with Crippen LogP contribution in [0.4, 0.5) is 0 Å². The maximum Gasteiger partial charge on any atom is 0.330 e. The Morgan fingerprint density at radius 1 is 0.600 bits per heavy atom. The second-order valence-electron chi connectivity index (χ2n) is 20.4. The monoisotopic (exact) mass is 1000 g/mol. The molecule has 8 N–H and O–H groups in total. The van der Waals surface area contributed by atoms with E-state index in [1.165, 1.54) is 12.2 Å². The molecule has 0 aliphatic carbocycles. The topological polar surface area (TPSA) is 289 Å². The molecule has 0 aromatic rings. The average Bonchev–Trinajstić information content (AvgIpc) is 4.07. The summed E-state index contributed by atoms with van der Waals surface area (Å²) in [5, 5.41) is 84.0. The summed E-state index contributed by atoms with van der Waals surface area (Å²) in [5.41, 5.74) is 1.26. The summed E-state index contributed by atoms with van der Waals surface area (Å²) in [5.74, 6) is -4.30. The van der Waals surface area contributed by atoms with Crippen LogP contribution in [-0.2, 0) is 47.6 Å². The molecule has 3 heterocycles. The zero-order valence-electron chi connectivity index (χ0n) is 42.6. The normalized spacial score (nSPS) is 28.8. The Labute approximate surface area is 415 Å². The smallest absolute Gasteiger partial charge is 0.330 e. The van der Waals surface area contributed by atoms with E-state index in [-0.39, 0.29) is 76.7 Å². The molecule has 0 spiro atoms. The van der Waals surface area contributed by atoms with E-state index < -0.39 is 103 Å². The molecule has 3 rings (SSSR count). The number of unbranched alkanes of at least 4 members (excludes halogenated alkanes) is 10. The molecule has 404 valence electrons. The number of rotatable bonds is 35. The van der Waals surface area contributed by atoms with Crippen molar-refractivity contribution in [2.75, 3.05) is 26.4 Å². The first-order chi connectivity index (χ1) is 33.2. The minimum absolute atomic E-state index is 0.0169. The van der Waals surface area contributed by atoms with Gasteiger partial charge in [0.05, 0.1) is 87.5 Å². The van der Waals surface area contributed by atoms with Gasteiger partial charge in [-0.1, -0.05) is 76.4 Å². The highest BCUT2D eigenvalue weighted by atomic mass is 16.6. The van der Waals surface area contributed by atoms with Crippen molar-refractivity contribution in [3.8, 4) is 0 Å². The van der Waals surface area contributed by atoms with Gasteiger partial charge in [-0.05, 0) is 79.1 Å². The number of hydrogen-bond donors (Lipinski definition) is 8. The van der Waals surface area contributed by atoms with Crippen molar-refractivity contribution in [2.45, 2.75) is 230 Å². The SMILES string of the molecule is C/C(=C\C(=O)OCCCCCCCCC(=O)O)CC1OCC(CC(O)C(OC(C)C(C)C2OC2CC2COC(C/C(C)=C/C(=O)OCCCCCCCCC(=O)O)C(O)C2O)C(C)C(C)O)C(O)C1O. The van der Waals surface area contributed by atoms with E-state index in [0.29, 0.717) is 43.3 Å². The number of carbonyl (C=O) groups excluding carboxylic acids is 2. The van der Waals surface area contributed by atoms with E-state index in [1.54, 1.807) is 27.7 Å². The number of carboxylic acid groups (broad SMARTS) is 2. The van der Waals surface area contributed by atoms with E-state index in [1.807, 2.05) is 13.8 Å². The van der Waals surface area contributed by atoms with Gasteiger partial charge in [-0.3, -0.25) is 9.59 Å². The van der Waals surface area contributed by atoms with Crippen LogP contribution in [0.15, 0.2) is 23.3 Å². The molecule has 70 heavy (non-hydrogen) atoms. The van der Waals surface area contributed by atoms with Crippen LogP contribution in [0.2, 0.25) is 0 Å². The van der Waals surface area contributed by atoms with Gasteiger partial charge in [0.15, 0.2) is 0 Å². The number of aliphatic hydroxyl groups is 6. The van der Waals surface area contributed by atoms with Gasteiger partial charge in [-0.25, -0.2) is 9.59 Å². The maximum absolute atomic E-state index is 12.4. The Bertz CT molecular complexity index is 1620. The third-order valence-electron chi connectivity index (χ3n) is 14.3. The van der Waals surface area contributed by atoms with Crippen molar-refractivity contribution in [3.63, 3.8) is 0 Å². The molecule has 3 fully saturated rings. The highest BCUT2D eigenvalue weighted by Crippen LogP contribution is 2.40. The van der Waals surface area contributed by atoms with Crippen molar-refractivity contribution < 1.29 is 88.5 Å². The lowest BCUT2D eigenvalue weighted by atomic mass is 9.83. The molecule has 3 aliphatic rings. The summed E-state index contributed by atoms with van der Waals surface area (Å²) in [7, 11) is 0. The Morgan fingerprint density at radius 3 is 1.49 bits per heavy atom. The minimum atomic E-state index is -1.29. The van der Waals surface area contributed by atoms with Crippen LogP contribution in [0, 0.1) is 23.7 Å². The number of carboxylic acids is 2. The van der Waals surface area contributed by atoms with Crippen molar-refractivity contribution in [3.05, 3.63) is 23.3 Å². The highest BCUT2D eigenvalue weighted by molar-refractivity contribution is 5.83. The molecule has 0 aromatic carbocycles. The quantitative estimate of drug-likeness (QED) is 0.0176. The Hall–Kier alpha value is -3.04. The second kappa shape index (κ2) is 32.2. The Kier molecular flexibility index (Phi) is 28.2. The van der Waals surface area contributed by atoms with Crippen molar-refractivity contribution in [1.29, 1.82) is 0 Å². The van der Waals surface area contributed by atoms with Crippen molar-refractivity contribution >= 4 is 23.9 Å². The second-order valence-corrected chi connectivity index (χ2v) is 20.4. The fourth-order valence-corrected chi connectivity index (χ4v) is 9.44. The van der Waals surface area contributed by atoms with E-state index in [9.17, 15) is 49.8 Å². The number of aliphatic hydroxyl groups excluding tert-OH is 6. The lowest BCUT2D eigenvalue weighted by Gasteiger charge is -2.40. The average molecular weight is 1000 g/mol. The molecule has 3 aliphatic heterocycles. The number of esters is 2. The van der Waals surface area contributed by atoms with Gasteiger partial charge in [-0.15, -0.1) is 0 Å². The van der Waals surface area contributed by atoms with Gasteiger partial charge < -0.3 is 69.3 Å². The fourth-order valence-electron chi connectivity index (χ4n) is 9.44. The Morgan fingerprint density at radius 2 is 1.03 bits per heavy atom. The molecular weight excluding hydrogens is 913 g/mol. The Balaban J connectivity index is 1.40. The number of ether oxygens (including phenoxy) is 6. The van der Waals surface area contributed by atoms with Crippen LogP contribution in [0.3, 0.4) is 0 Å². The largest absolute Gasteiger partial charge is 0.481 e. The molecular formula is C52H88O18. The van der Waals surface area contributed by atoms with E-state index in [0.717, 1.165) is 51.4 Å². The molecule has 16 atom stereocenters. The summed E-state index contributed by atoms with van der Waals surface area (Å²) < 4.78 is 35.2. The molecule has 0 saturated carbocycles. The minimum Gasteiger partial charge on any atom is -0.481 e.